The SMILES string of the molecule is CNCCC(=O)C1CCC(C)C(C)C1. The molecule has 1 rings (SSSR count). The maximum Gasteiger partial charge on any atom is 0.137 e. The first-order valence-corrected chi connectivity index (χ1v) is 5.82. The van der Waals surface area contributed by atoms with Gasteiger partial charge >= 0.3 is 0 Å². The van der Waals surface area contributed by atoms with Crippen molar-refractivity contribution in [1.29, 1.82) is 0 Å². The van der Waals surface area contributed by atoms with E-state index in [2.05, 4.69) is 19.2 Å². The summed E-state index contributed by atoms with van der Waals surface area (Å²) in [6, 6.07) is 0. The molecule has 1 aliphatic carbocycles. The maximum atomic E-state index is 11.8. The third kappa shape index (κ3) is 3.09. The summed E-state index contributed by atoms with van der Waals surface area (Å²) in [5, 5.41) is 3.04. The van der Waals surface area contributed by atoms with Crippen LogP contribution in [0.2, 0.25) is 0 Å². The van der Waals surface area contributed by atoms with Crippen molar-refractivity contribution < 1.29 is 4.79 Å². The minimum Gasteiger partial charge on any atom is -0.319 e. The fourth-order valence-electron chi connectivity index (χ4n) is 2.29. The highest BCUT2D eigenvalue weighted by atomic mass is 16.1. The fourth-order valence-corrected chi connectivity index (χ4v) is 2.29. The first-order chi connectivity index (χ1) is 6.65. The van der Waals surface area contributed by atoms with Gasteiger partial charge in [0.25, 0.3) is 0 Å². The third-order valence-corrected chi connectivity index (χ3v) is 3.67. The van der Waals surface area contributed by atoms with Crippen LogP contribution in [-0.2, 0) is 4.79 Å². The van der Waals surface area contributed by atoms with Gasteiger partial charge in [0.15, 0.2) is 0 Å². The number of Topliss-reactive ketones (excluding diaryl/α,β-unsaturated/α-hetero) is 1. The molecule has 0 aromatic rings. The van der Waals surface area contributed by atoms with E-state index in [1.165, 1.54) is 6.42 Å². The summed E-state index contributed by atoms with van der Waals surface area (Å²) in [5.74, 6) is 2.36. The number of carbonyl (C=O) groups is 1. The minimum absolute atomic E-state index is 0.356. The lowest BCUT2D eigenvalue weighted by molar-refractivity contribution is -0.124. The van der Waals surface area contributed by atoms with Crippen LogP contribution in [0.15, 0.2) is 0 Å². The molecule has 1 aliphatic rings. The molecular formula is C12H23NO. The second kappa shape index (κ2) is 5.50. The van der Waals surface area contributed by atoms with Crippen LogP contribution in [0.4, 0.5) is 0 Å². The number of rotatable bonds is 4. The normalized spacial score (nSPS) is 32.9. The summed E-state index contributed by atoms with van der Waals surface area (Å²) in [4.78, 5) is 11.8. The first kappa shape index (κ1) is 11.7. The standard InChI is InChI=1S/C12H23NO/c1-9-4-5-11(8-10(9)2)12(14)6-7-13-3/h9-11,13H,4-8H2,1-3H3. The topological polar surface area (TPSA) is 29.1 Å². The highest BCUT2D eigenvalue weighted by Crippen LogP contribution is 2.34. The Balaban J connectivity index is 2.34. The number of nitrogens with one attached hydrogen (secondary N) is 1. The molecule has 2 nitrogen and oxygen atoms in total. The van der Waals surface area contributed by atoms with E-state index in [0.717, 1.165) is 31.2 Å². The summed E-state index contributed by atoms with van der Waals surface area (Å²) in [6.45, 7) is 5.42. The van der Waals surface area contributed by atoms with E-state index in [1.54, 1.807) is 0 Å². The average Bonchev–Trinajstić information content (AvgIpc) is 2.18. The van der Waals surface area contributed by atoms with E-state index in [9.17, 15) is 4.79 Å². The van der Waals surface area contributed by atoms with Crippen LogP contribution in [0.1, 0.15) is 39.5 Å². The quantitative estimate of drug-likeness (QED) is 0.749. The predicted molar refractivity (Wildman–Crippen MR) is 59.2 cm³/mol. The van der Waals surface area contributed by atoms with Gasteiger partial charge in [-0.25, -0.2) is 0 Å². The van der Waals surface area contributed by atoms with Crippen molar-refractivity contribution >= 4 is 5.78 Å². The number of hydrogen-bond acceptors (Lipinski definition) is 2. The fraction of sp³-hybridized carbons (Fsp3) is 0.917. The molecule has 0 amide bonds. The van der Waals surface area contributed by atoms with Crippen molar-refractivity contribution in [2.75, 3.05) is 13.6 Å². The third-order valence-electron chi connectivity index (χ3n) is 3.67. The van der Waals surface area contributed by atoms with Crippen molar-refractivity contribution in [3.8, 4) is 0 Å². The molecule has 0 saturated heterocycles. The summed E-state index contributed by atoms with van der Waals surface area (Å²) in [7, 11) is 1.90. The van der Waals surface area contributed by atoms with Crippen LogP contribution in [0.3, 0.4) is 0 Å². The van der Waals surface area contributed by atoms with Gasteiger partial charge in [0.1, 0.15) is 5.78 Å². The molecule has 14 heavy (non-hydrogen) atoms. The Bertz CT molecular complexity index is 191. The lowest BCUT2D eigenvalue weighted by Gasteiger charge is -2.31. The molecule has 0 heterocycles. The molecule has 1 fully saturated rings. The Morgan fingerprint density at radius 3 is 2.57 bits per heavy atom. The Labute approximate surface area is 87.5 Å². The van der Waals surface area contributed by atoms with E-state index < -0.39 is 0 Å². The second-order valence-electron chi connectivity index (χ2n) is 4.78. The molecule has 82 valence electrons. The van der Waals surface area contributed by atoms with Crippen LogP contribution in [-0.4, -0.2) is 19.4 Å². The molecule has 1 N–H and O–H groups in total. The Hall–Kier alpha value is -0.370. The number of carbonyl (C=O) groups excluding carboxylic acids is 1. The van der Waals surface area contributed by atoms with E-state index in [-0.39, 0.29) is 0 Å². The summed E-state index contributed by atoms with van der Waals surface area (Å²) >= 11 is 0. The highest BCUT2D eigenvalue weighted by molar-refractivity contribution is 5.81. The van der Waals surface area contributed by atoms with Crippen molar-refractivity contribution in [3.05, 3.63) is 0 Å². The van der Waals surface area contributed by atoms with Crippen molar-refractivity contribution in [1.82, 2.24) is 5.32 Å². The molecule has 1 saturated carbocycles. The molecule has 2 heteroatoms. The molecule has 0 spiro atoms. The molecule has 3 unspecified atom stereocenters. The predicted octanol–water partition coefficient (Wildman–Crippen LogP) is 2.24. The van der Waals surface area contributed by atoms with Crippen molar-refractivity contribution in [2.24, 2.45) is 17.8 Å². The zero-order valence-electron chi connectivity index (χ0n) is 9.68. The van der Waals surface area contributed by atoms with Gasteiger partial charge in [-0.05, 0) is 38.1 Å². The first-order valence-electron chi connectivity index (χ1n) is 5.82. The highest BCUT2D eigenvalue weighted by Gasteiger charge is 2.28. The molecule has 0 aromatic carbocycles. The average molecular weight is 197 g/mol. The van der Waals surface area contributed by atoms with Gasteiger partial charge in [-0.3, -0.25) is 4.79 Å². The van der Waals surface area contributed by atoms with Gasteiger partial charge in [-0.15, -0.1) is 0 Å². The van der Waals surface area contributed by atoms with Crippen molar-refractivity contribution in [2.45, 2.75) is 39.5 Å². The Morgan fingerprint density at radius 1 is 1.29 bits per heavy atom. The van der Waals surface area contributed by atoms with Gasteiger partial charge in [-0.1, -0.05) is 13.8 Å². The molecule has 0 aromatic heterocycles. The van der Waals surface area contributed by atoms with Crippen LogP contribution >= 0.6 is 0 Å². The monoisotopic (exact) mass is 197 g/mol. The van der Waals surface area contributed by atoms with E-state index in [1.807, 2.05) is 7.05 Å². The smallest absolute Gasteiger partial charge is 0.137 e. The van der Waals surface area contributed by atoms with E-state index >= 15 is 0 Å². The summed E-state index contributed by atoms with van der Waals surface area (Å²) < 4.78 is 0. The zero-order valence-corrected chi connectivity index (χ0v) is 9.68. The summed E-state index contributed by atoms with van der Waals surface area (Å²) in [5.41, 5.74) is 0. The largest absolute Gasteiger partial charge is 0.319 e. The zero-order chi connectivity index (χ0) is 10.6. The van der Waals surface area contributed by atoms with E-state index in [4.69, 9.17) is 0 Å². The Morgan fingerprint density at radius 2 is 2.00 bits per heavy atom. The van der Waals surface area contributed by atoms with Crippen LogP contribution in [0, 0.1) is 17.8 Å². The van der Waals surface area contributed by atoms with E-state index in [0.29, 0.717) is 18.1 Å². The molecular weight excluding hydrogens is 174 g/mol. The van der Waals surface area contributed by atoms with Crippen LogP contribution in [0.25, 0.3) is 0 Å². The van der Waals surface area contributed by atoms with Crippen molar-refractivity contribution in [3.63, 3.8) is 0 Å². The van der Waals surface area contributed by atoms with Gasteiger partial charge < -0.3 is 5.32 Å². The summed E-state index contributed by atoms with van der Waals surface area (Å²) in [6.07, 6.45) is 4.18. The van der Waals surface area contributed by atoms with Crippen LogP contribution in [0.5, 0.6) is 0 Å². The lowest BCUT2D eigenvalue weighted by Crippen LogP contribution is -2.28. The van der Waals surface area contributed by atoms with Gasteiger partial charge in [-0.2, -0.15) is 0 Å². The minimum atomic E-state index is 0.356. The maximum absolute atomic E-state index is 11.8. The molecule has 3 atom stereocenters. The molecule has 0 aliphatic heterocycles. The van der Waals surface area contributed by atoms with Gasteiger partial charge in [0.2, 0.25) is 0 Å². The van der Waals surface area contributed by atoms with Gasteiger partial charge in [0.05, 0.1) is 0 Å². The number of hydrogen-bond donors (Lipinski definition) is 1. The molecule has 0 radical (unpaired) electrons. The lowest BCUT2D eigenvalue weighted by atomic mass is 9.74. The molecule has 0 bridgehead atoms. The Kier molecular flexibility index (Phi) is 4.59. The van der Waals surface area contributed by atoms with Gasteiger partial charge in [0, 0.05) is 18.9 Å². The number of ketones is 1. The second-order valence-corrected chi connectivity index (χ2v) is 4.78. The van der Waals surface area contributed by atoms with Crippen LogP contribution < -0.4 is 5.32 Å².